The van der Waals surface area contributed by atoms with Gasteiger partial charge in [-0.1, -0.05) is 69.1 Å². The smallest absolute Gasteiger partial charge is 0.339 e. The Kier molecular flexibility index (Phi) is 8.66. The lowest BCUT2D eigenvalue weighted by atomic mass is 9.90. The minimum Gasteiger partial charge on any atom is -0.339 e. The summed E-state index contributed by atoms with van der Waals surface area (Å²) >= 11 is 0. The van der Waals surface area contributed by atoms with Crippen LogP contribution in [0.3, 0.4) is 0 Å². The van der Waals surface area contributed by atoms with Gasteiger partial charge in [-0.15, -0.1) is 0 Å². The van der Waals surface area contributed by atoms with Crippen molar-refractivity contribution in [1.82, 2.24) is 10.1 Å². The summed E-state index contributed by atoms with van der Waals surface area (Å²) in [6.07, 6.45) is 0.575. The lowest BCUT2D eigenvalue weighted by Gasteiger charge is -2.15. The number of benzene rings is 1. The molecule has 6 heteroatoms. The monoisotopic (exact) mass is 356 g/mol. The molecule has 1 heterocycles. The molecule has 3 nitrogen and oxygen atoms in total. The van der Waals surface area contributed by atoms with Gasteiger partial charge in [0.25, 0.3) is 0 Å². The second kappa shape index (κ2) is 10.2. The van der Waals surface area contributed by atoms with Gasteiger partial charge in [0, 0.05) is 18.4 Å². The molecule has 0 fully saturated rings. The zero-order chi connectivity index (χ0) is 18.9. The van der Waals surface area contributed by atoms with E-state index in [4.69, 9.17) is 4.52 Å². The first kappa shape index (κ1) is 21.2. The van der Waals surface area contributed by atoms with E-state index in [0.717, 1.165) is 30.7 Å². The van der Waals surface area contributed by atoms with Crippen LogP contribution in [0.5, 0.6) is 0 Å². The van der Waals surface area contributed by atoms with E-state index in [1.165, 1.54) is 6.42 Å². The summed E-state index contributed by atoms with van der Waals surface area (Å²) in [6.45, 7) is 6.92. The molecule has 0 radical (unpaired) electrons. The van der Waals surface area contributed by atoms with Crippen LogP contribution in [-0.4, -0.2) is 16.3 Å². The summed E-state index contributed by atoms with van der Waals surface area (Å²) in [5, 5.41) is 4.14. The molecule has 0 bridgehead atoms. The molecule has 0 saturated carbocycles. The highest BCUT2D eigenvalue weighted by atomic mass is 19.4. The molecule has 1 aromatic heterocycles. The van der Waals surface area contributed by atoms with Crippen LogP contribution in [0.25, 0.3) is 11.4 Å². The van der Waals surface area contributed by atoms with Crippen molar-refractivity contribution in [2.75, 3.05) is 0 Å². The first-order valence-electron chi connectivity index (χ1n) is 8.70. The Bertz CT molecular complexity index is 590. The SMILES string of the molecule is CC(F)(F)F.CCCC(CC(C)CC)c1nc(-c2ccccc2)no1. The third-order valence-corrected chi connectivity index (χ3v) is 3.84. The van der Waals surface area contributed by atoms with Crippen LogP contribution in [-0.2, 0) is 0 Å². The zero-order valence-corrected chi connectivity index (χ0v) is 15.3. The molecular weight excluding hydrogens is 329 g/mol. The molecule has 2 rings (SSSR count). The summed E-state index contributed by atoms with van der Waals surface area (Å²) in [7, 11) is 0. The lowest BCUT2D eigenvalue weighted by Crippen LogP contribution is -2.05. The van der Waals surface area contributed by atoms with Gasteiger partial charge < -0.3 is 4.52 Å². The molecule has 2 unspecified atom stereocenters. The van der Waals surface area contributed by atoms with Gasteiger partial charge >= 0.3 is 6.18 Å². The molecule has 140 valence electrons. The van der Waals surface area contributed by atoms with Gasteiger partial charge in [-0.2, -0.15) is 18.2 Å². The minimum atomic E-state index is -4.00. The fraction of sp³-hybridized carbons (Fsp3) is 0.579. The third kappa shape index (κ3) is 8.70. The van der Waals surface area contributed by atoms with Gasteiger partial charge in [0.2, 0.25) is 11.7 Å². The maximum Gasteiger partial charge on any atom is 0.386 e. The maximum absolute atomic E-state index is 10.4. The van der Waals surface area contributed by atoms with Crippen LogP contribution in [0.1, 0.15) is 65.2 Å². The third-order valence-electron chi connectivity index (χ3n) is 3.84. The molecule has 25 heavy (non-hydrogen) atoms. The van der Waals surface area contributed by atoms with Crippen molar-refractivity contribution in [2.24, 2.45) is 5.92 Å². The van der Waals surface area contributed by atoms with Crippen molar-refractivity contribution < 1.29 is 17.7 Å². The molecule has 0 amide bonds. The van der Waals surface area contributed by atoms with Crippen molar-refractivity contribution in [3.05, 3.63) is 36.2 Å². The quantitative estimate of drug-likeness (QED) is 0.559. The highest BCUT2D eigenvalue weighted by Crippen LogP contribution is 2.29. The Morgan fingerprint density at radius 3 is 2.24 bits per heavy atom. The second-order valence-electron chi connectivity index (χ2n) is 6.34. The van der Waals surface area contributed by atoms with Gasteiger partial charge in [0.1, 0.15) is 0 Å². The second-order valence-corrected chi connectivity index (χ2v) is 6.34. The summed E-state index contributed by atoms with van der Waals surface area (Å²) < 4.78 is 36.6. The van der Waals surface area contributed by atoms with Crippen molar-refractivity contribution in [1.29, 1.82) is 0 Å². The van der Waals surface area contributed by atoms with Gasteiger partial charge in [0.15, 0.2) is 0 Å². The van der Waals surface area contributed by atoms with E-state index in [9.17, 15) is 13.2 Å². The molecule has 0 spiro atoms. The Morgan fingerprint density at radius 1 is 1.12 bits per heavy atom. The molecule has 2 aromatic rings. The molecule has 2 atom stereocenters. The normalized spacial score (nSPS) is 13.7. The standard InChI is InChI=1S/C17H24N2O.C2H3F3/c1-4-9-15(12-13(3)5-2)17-18-16(19-20-17)14-10-7-6-8-11-14;1-2(3,4)5/h6-8,10-11,13,15H,4-5,9,12H2,1-3H3;1H3. The molecule has 1 aromatic carbocycles. The van der Waals surface area contributed by atoms with E-state index in [0.29, 0.717) is 17.7 Å². The van der Waals surface area contributed by atoms with E-state index in [1.807, 2.05) is 30.3 Å². The predicted molar refractivity (Wildman–Crippen MR) is 93.2 cm³/mol. The number of alkyl halides is 3. The van der Waals surface area contributed by atoms with Crippen molar-refractivity contribution >= 4 is 0 Å². The first-order chi connectivity index (χ1) is 11.7. The van der Waals surface area contributed by atoms with Crippen LogP contribution in [0.2, 0.25) is 0 Å². The molecular formula is C19H27F3N2O. The number of rotatable bonds is 7. The summed E-state index contributed by atoms with van der Waals surface area (Å²) in [6, 6.07) is 10.0. The highest BCUT2D eigenvalue weighted by molar-refractivity contribution is 5.53. The average Bonchev–Trinajstić information content (AvgIpc) is 3.03. The topological polar surface area (TPSA) is 38.9 Å². The summed E-state index contributed by atoms with van der Waals surface area (Å²) in [4.78, 5) is 4.61. The first-order valence-corrected chi connectivity index (χ1v) is 8.70. The van der Waals surface area contributed by atoms with Crippen molar-refractivity contribution in [3.8, 4) is 11.4 Å². The molecule has 0 aliphatic carbocycles. The number of halogens is 3. The molecule has 0 aliphatic rings. The zero-order valence-electron chi connectivity index (χ0n) is 15.3. The Morgan fingerprint density at radius 2 is 1.72 bits per heavy atom. The highest BCUT2D eigenvalue weighted by Gasteiger charge is 2.20. The van der Waals surface area contributed by atoms with E-state index in [2.05, 4.69) is 30.9 Å². The molecule has 0 saturated heterocycles. The van der Waals surface area contributed by atoms with Crippen LogP contribution < -0.4 is 0 Å². The van der Waals surface area contributed by atoms with E-state index < -0.39 is 6.18 Å². The largest absolute Gasteiger partial charge is 0.386 e. The van der Waals surface area contributed by atoms with Crippen molar-refractivity contribution in [2.45, 2.75) is 65.5 Å². The van der Waals surface area contributed by atoms with Crippen LogP contribution in [0, 0.1) is 5.92 Å². The van der Waals surface area contributed by atoms with Crippen LogP contribution in [0.4, 0.5) is 13.2 Å². The van der Waals surface area contributed by atoms with Crippen LogP contribution >= 0.6 is 0 Å². The molecule has 0 aliphatic heterocycles. The fourth-order valence-corrected chi connectivity index (χ4v) is 2.45. The predicted octanol–water partition coefficient (Wildman–Crippen LogP) is 6.63. The summed E-state index contributed by atoms with van der Waals surface area (Å²) in [5.41, 5.74) is 1.02. The average molecular weight is 356 g/mol. The van der Waals surface area contributed by atoms with Gasteiger partial charge in [-0.05, 0) is 18.8 Å². The molecule has 0 N–H and O–H groups in total. The minimum absolute atomic E-state index is 0.188. The number of nitrogens with zero attached hydrogens (tertiary/aromatic N) is 2. The van der Waals surface area contributed by atoms with Gasteiger partial charge in [-0.3, -0.25) is 0 Å². The lowest BCUT2D eigenvalue weighted by molar-refractivity contribution is -0.110. The van der Waals surface area contributed by atoms with E-state index >= 15 is 0 Å². The van der Waals surface area contributed by atoms with E-state index in [1.54, 1.807) is 0 Å². The van der Waals surface area contributed by atoms with Crippen molar-refractivity contribution in [3.63, 3.8) is 0 Å². The number of hydrogen-bond donors (Lipinski definition) is 0. The Labute approximate surface area is 147 Å². The fourth-order valence-electron chi connectivity index (χ4n) is 2.45. The Balaban J connectivity index is 0.000000550. The van der Waals surface area contributed by atoms with Gasteiger partial charge in [-0.25, -0.2) is 0 Å². The van der Waals surface area contributed by atoms with Crippen LogP contribution in [0.15, 0.2) is 34.9 Å². The Hall–Kier alpha value is -1.85. The van der Waals surface area contributed by atoms with Gasteiger partial charge in [0.05, 0.1) is 0 Å². The maximum atomic E-state index is 10.4. The number of aromatic nitrogens is 2. The summed E-state index contributed by atoms with van der Waals surface area (Å²) in [5.74, 6) is 2.58. The number of hydrogen-bond acceptors (Lipinski definition) is 3. The van der Waals surface area contributed by atoms with E-state index in [-0.39, 0.29) is 6.92 Å².